The van der Waals surface area contributed by atoms with Crippen LogP contribution in [-0.2, 0) is 6.61 Å². The minimum atomic E-state index is -0.539. The zero-order valence-corrected chi connectivity index (χ0v) is 22.4. The molecule has 0 saturated heterocycles. The predicted molar refractivity (Wildman–Crippen MR) is 151 cm³/mol. The molecule has 0 atom stereocenters. The molecule has 0 saturated carbocycles. The van der Waals surface area contributed by atoms with Gasteiger partial charge in [-0.25, -0.2) is 10.2 Å². The molecule has 7 nitrogen and oxygen atoms in total. The van der Waals surface area contributed by atoms with E-state index in [1.165, 1.54) is 6.21 Å². The van der Waals surface area contributed by atoms with Gasteiger partial charge in [0.2, 0.25) is 0 Å². The molecule has 0 heterocycles. The molecule has 0 aliphatic carbocycles. The molecular formula is C30H24Cl2N2O5. The molecule has 9 heteroatoms. The third-order valence-corrected chi connectivity index (χ3v) is 5.87. The van der Waals surface area contributed by atoms with Gasteiger partial charge in [-0.3, -0.25) is 4.79 Å². The zero-order chi connectivity index (χ0) is 27.6. The van der Waals surface area contributed by atoms with Crippen LogP contribution in [0.1, 0.15) is 38.8 Å². The number of carbonyl (C=O) groups is 2. The lowest BCUT2D eigenvalue weighted by molar-refractivity contribution is 0.0728. The molecule has 4 aromatic carbocycles. The van der Waals surface area contributed by atoms with Crippen molar-refractivity contribution >= 4 is 41.3 Å². The van der Waals surface area contributed by atoms with Gasteiger partial charge < -0.3 is 14.2 Å². The quantitative estimate of drug-likeness (QED) is 0.0977. The molecule has 4 rings (SSSR count). The maximum Gasteiger partial charge on any atom is 0.343 e. The SMILES string of the molecule is CCOc1cc(/C=N\NC(=O)c2ccc(OCc3ccc(Cl)cc3)cc2)ccc1OC(=O)c1ccc(Cl)cc1. The lowest BCUT2D eigenvalue weighted by Crippen LogP contribution is -2.17. The van der Waals surface area contributed by atoms with Crippen LogP contribution in [0.15, 0.2) is 96.1 Å². The van der Waals surface area contributed by atoms with Crippen molar-refractivity contribution in [1.29, 1.82) is 0 Å². The van der Waals surface area contributed by atoms with E-state index in [0.29, 0.717) is 51.4 Å². The molecule has 1 amide bonds. The summed E-state index contributed by atoms with van der Waals surface area (Å²) in [4.78, 5) is 25.0. The van der Waals surface area contributed by atoms with Crippen molar-refractivity contribution in [2.75, 3.05) is 6.61 Å². The summed E-state index contributed by atoms with van der Waals surface area (Å²) in [6.45, 7) is 2.57. The summed E-state index contributed by atoms with van der Waals surface area (Å²) in [5.74, 6) is 0.336. The zero-order valence-electron chi connectivity index (χ0n) is 20.9. The highest BCUT2D eigenvalue weighted by Crippen LogP contribution is 2.29. The molecule has 0 aliphatic rings. The van der Waals surface area contributed by atoms with Crippen LogP contribution in [0.4, 0.5) is 0 Å². The van der Waals surface area contributed by atoms with Crippen LogP contribution in [0.3, 0.4) is 0 Å². The number of nitrogens with one attached hydrogen (secondary N) is 1. The second-order valence-electron chi connectivity index (χ2n) is 8.17. The number of benzene rings is 4. The summed E-state index contributed by atoms with van der Waals surface area (Å²) in [6.07, 6.45) is 1.47. The summed E-state index contributed by atoms with van der Waals surface area (Å²) in [5.41, 5.74) is 4.89. The fourth-order valence-corrected chi connectivity index (χ4v) is 3.63. The van der Waals surface area contributed by atoms with Crippen LogP contribution in [-0.4, -0.2) is 24.7 Å². The van der Waals surface area contributed by atoms with E-state index in [1.807, 2.05) is 19.1 Å². The molecular weight excluding hydrogens is 539 g/mol. The first kappa shape index (κ1) is 27.7. The third-order valence-electron chi connectivity index (χ3n) is 5.37. The maximum atomic E-state index is 12.5. The summed E-state index contributed by atoms with van der Waals surface area (Å²) in [7, 11) is 0. The van der Waals surface area contributed by atoms with Crippen molar-refractivity contribution in [1.82, 2.24) is 5.43 Å². The van der Waals surface area contributed by atoms with Crippen LogP contribution in [0.2, 0.25) is 10.0 Å². The highest BCUT2D eigenvalue weighted by Gasteiger charge is 2.13. The molecule has 0 aromatic heterocycles. The number of amides is 1. The average molecular weight is 563 g/mol. The largest absolute Gasteiger partial charge is 0.490 e. The van der Waals surface area contributed by atoms with Gasteiger partial charge in [0, 0.05) is 15.6 Å². The van der Waals surface area contributed by atoms with E-state index in [-0.39, 0.29) is 11.7 Å². The van der Waals surface area contributed by atoms with Gasteiger partial charge in [0.25, 0.3) is 5.91 Å². The van der Waals surface area contributed by atoms with Crippen LogP contribution in [0.25, 0.3) is 0 Å². The molecule has 0 radical (unpaired) electrons. The number of hydrogen-bond acceptors (Lipinski definition) is 6. The average Bonchev–Trinajstić information content (AvgIpc) is 2.95. The van der Waals surface area contributed by atoms with Gasteiger partial charge in [-0.1, -0.05) is 35.3 Å². The number of carbonyl (C=O) groups excluding carboxylic acids is 2. The molecule has 0 spiro atoms. The Morgan fingerprint density at radius 3 is 2.10 bits per heavy atom. The highest BCUT2D eigenvalue weighted by molar-refractivity contribution is 6.30. The van der Waals surface area contributed by atoms with Gasteiger partial charge in [0.1, 0.15) is 12.4 Å². The first-order valence-corrected chi connectivity index (χ1v) is 12.7. The number of hydrogen-bond donors (Lipinski definition) is 1. The van der Waals surface area contributed by atoms with E-state index in [2.05, 4.69) is 10.5 Å². The minimum Gasteiger partial charge on any atom is -0.490 e. The Balaban J connectivity index is 1.33. The highest BCUT2D eigenvalue weighted by atomic mass is 35.5. The van der Waals surface area contributed by atoms with Crippen molar-refractivity contribution in [2.45, 2.75) is 13.5 Å². The van der Waals surface area contributed by atoms with Crippen molar-refractivity contribution in [3.63, 3.8) is 0 Å². The number of nitrogens with zero attached hydrogens (tertiary/aromatic N) is 1. The van der Waals surface area contributed by atoms with Crippen molar-refractivity contribution < 1.29 is 23.8 Å². The van der Waals surface area contributed by atoms with E-state index >= 15 is 0 Å². The molecule has 4 aromatic rings. The standard InChI is InChI=1S/C30H24Cl2N2O5/c1-2-37-28-17-21(5-16-27(28)39-30(36)23-6-12-25(32)13-7-23)18-33-34-29(35)22-8-14-26(15-9-22)38-19-20-3-10-24(31)11-4-20/h3-18H,2,19H2,1H3,(H,34,35)/b33-18-. The van der Waals surface area contributed by atoms with Gasteiger partial charge in [-0.05, 0) is 96.9 Å². The van der Waals surface area contributed by atoms with E-state index in [0.717, 1.165) is 5.56 Å². The second kappa shape index (κ2) is 13.5. The van der Waals surface area contributed by atoms with Gasteiger partial charge >= 0.3 is 5.97 Å². The van der Waals surface area contributed by atoms with E-state index in [1.54, 1.807) is 78.9 Å². The van der Waals surface area contributed by atoms with Crippen LogP contribution >= 0.6 is 23.2 Å². The van der Waals surface area contributed by atoms with Gasteiger partial charge in [-0.15, -0.1) is 0 Å². The van der Waals surface area contributed by atoms with Crippen molar-refractivity contribution in [3.8, 4) is 17.2 Å². The Bertz CT molecular complexity index is 1450. The summed E-state index contributed by atoms with van der Waals surface area (Å²) >= 11 is 11.8. The molecule has 198 valence electrons. The van der Waals surface area contributed by atoms with Crippen LogP contribution < -0.4 is 19.6 Å². The fraction of sp³-hybridized carbons (Fsp3) is 0.100. The van der Waals surface area contributed by atoms with Gasteiger partial charge in [0.15, 0.2) is 11.5 Å². The lowest BCUT2D eigenvalue weighted by Gasteiger charge is -2.11. The Morgan fingerprint density at radius 2 is 1.44 bits per heavy atom. The van der Waals surface area contributed by atoms with Crippen LogP contribution in [0, 0.1) is 0 Å². The molecule has 0 unspecified atom stereocenters. The Labute approximate surface area is 235 Å². The lowest BCUT2D eigenvalue weighted by atomic mass is 10.2. The number of rotatable bonds is 10. The number of halogens is 2. The van der Waals surface area contributed by atoms with Gasteiger partial charge in [0.05, 0.1) is 18.4 Å². The smallest absolute Gasteiger partial charge is 0.343 e. The second-order valence-corrected chi connectivity index (χ2v) is 9.05. The monoisotopic (exact) mass is 562 g/mol. The molecule has 1 N–H and O–H groups in total. The topological polar surface area (TPSA) is 86.2 Å². The Hall–Kier alpha value is -4.33. The van der Waals surface area contributed by atoms with E-state index in [9.17, 15) is 9.59 Å². The fourth-order valence-electron chi connectivity index (χ4n) is 3.38. The first-order chi connectivity index (χ1) is 18.9. The van der Waals surface area contributed by atoms with E-state index < -0.39 is 5.97 Å². The molecule has 0 fully saturated rings. The summed E-state index contributed by atoms with van der Waals surface area (Å²) < 4.78 is 16.9. The van der Waals surface area contributed by atoms with E-state index in [4.69, 9.17) is 37.4 Å². The summed E-state index contributed by atoms with van der Waals surface area (Å²) in [6, 6.07) is 25.5. The Kier molecular flexibility index (Phi) is 9.56. The Morgan fingerprint density at radius 1 is 0.795 bits per heavy atom. The minimum absolute atomic E-state index is 0.261. The van der Waals surface area contributed by atoms with Gasteiger partial charge in [-0.2, -0.15) is 5.10 Å². The van der Waals surface area contributed by atoms with Crippen LogP contribution in [0.5, 0.6) is 17.2 Å². The predicted octanol–water partition coefficient (Wildman–Crippen LogP) is 6.95. The number of esters is 1. The number of hydrazone groups is 1. The molecule has 0 bridgehead atoms. The molecule has 0 aliphatic heterocycles. The maximum absolute atomic E-state index is 12.5. The third kappa shape index (κ3) is 8.07. The van der Waals surface area contributed by atoms with Crippen molar-refractivity contribution in [3.05, 3.63) is 123 Å². The normalized spacial score (nSPS) is 10.7. The number of ether oxygens (including phenoxy) is 3. The first-order valence-electron chi connectivity index (χ1n) is 12.0. The molecule has 39 heavy (non-hydrogen) atoms. The summed E-state index contributed by atoms with van der Waals surface area (Å²) in [5, 5.41) is 5.22. The van der Waals surface area contributed by atoms with Crippen molar-refractivity contribution in [2.24, 2.45) is 5.10 Å².